The number of rotatable bonds is 5. The predicted octanol–water partition coefficient (Wildman–Crippen LogP) is 1.40. The van der Waals surface area contributed by atoms with Gasteiger partial charge in [0.05, 0.1) is 5.56 Å². The van der Waals surface area contributed by atoms with Crippen LogP contribution in [0.1, 0.15) is 45.4 Å². The van der Waals surface area contributed by atoms with Gasteiger partial charge in [-0.3, -0.25) is 4.79 Å². The average Bonchev–Trinajstić information content (AvgIpc) is 3.01. The fourth-order valence-corrected chi connectivity index (χ4v) is 3.00. The molecule has 3 N–H and O–H groups in total. The van der Waals surface area contributed by atoms with Crippen molar-refractivity contribution < 1.29 is 14.7 Å². The highest BCUT2D eigenvalue weighted by Gasteiger charge is 2.24. The summed E-state index contributed by atoms with van der Waals surface area (Å²) >= 11 is 0. The minimum absolute atomic E-state index is 0.0932. The Hall–Kier alpha value is -1.82. The number of carboxylic acids is 1. The quantitative estimate of drug-likeness (QED) is 0.766. The van der Waals surface area contributed by atoms with Gasteiger partial charge in [-0.25, -0.2) is 4.79 Å². The Morgan fingerprint density at radius 2 is 2.14 bits per heavy atom. The van der Waals surface area contributed by atoms with Gasteiger partial charge in [0.2, 0.25) is 0 Å². The Balaban J connectivity index is 2.00. The number of aromatic carboxylic acids is 1. The van der Waals surface area contributed by atoms with E-state index in [1.165, 1.54) is 0 Å². The second-order valence-electron chi connectivity index (χ2n) is 5.69. The predicted molar refractivity (Wildman–Crippen MR) is 79.8 cm³/mol. The molecule has 0 bridgehead atoms. The first-order valence-corrected chi connectivity index (χ1v) is 7.37. The monoisotopic (exact) mass is 293 g/mol. The number of nitrogens with zero attached hydrogens (tertiary/aromatic N) is 1. The Morgan fingerprint density at radius 3 is 2.67 bits per heavy atom. The lowest BCUT2D eigenvalue weighted by atomic mass is 10.1. The number of hydrogen-bond donors (Lipinski definition) is 3. The first-order valence-electron chi connectivity index (χ1n) is 7.37. The molecule has 0 aromatic carbocycles. The van der Waals surface area contributed by atoms with Crippen molar-refractivity contribution in [2.45, 2.75) is 27.2 Å². The van der Waals surface area contributed by atoms with E-state index >= 15 is 0 Å². The minimum atomic E-state index is -1.04. The van der Waals surface area contributed by atoms with E-state index in [2.05, 4.69) is 22.1 Å². The van der Waals surface area contributed by atoms with Crippen LogP contribution in [0.4, 0.5) is 0 Å². The van der Waals surface area contributed by atoms with Crippen LogP contribution in [0.3, 0.4) is 0 Å². The molecule has 0 aliphatic carbocycles. The second kappa shape index (κ2) is 6.30. The van der Waals surface area contributed by atoms with E-state index in [-0.39, 0.29) is 11.6 Å². The van der Waals surface area contributed by atoms with Gasteiger partial charge in [0.1, 0.15) is 5.69 Å². The van der Waals surface area contributed by atoms with Crippen molar-refractivity contribution in [1.82, 2.24) is 15.2 Å². The molecule has 21 heavy (non-hydrogen) atoms. The normalized spacial score (nSPS) is 18.9. The number of aryl methyl sites for hydroxylation is 1. The molecule has 1 fully saturated rings. The first kappa shape index (κ1) is 15.6. The molecule has 6 nitrogen and oxygen atoms in total. The Kier molecular flexibility index (Phi) is 4.67. The van der Waals surface area contributed by atoms with Crippen LogP contribution in [0.15, 0.2) is 0 Å². The lowest BCUT2D eigenvalue weighted by molar-refractivity contribution is 0.0690. The number of carboxylic acid groups (broad SMARTS) is 1. The largest absolute Gasteiger partial charge is 0.477 e. The van der Waals surface area contributed by atoms with Crippen molar-refractivity contribution in [3.8, 4) is 0 Å². The third-order valence-corrected chi connectivity index (χ3v) is 4.25. The molecule has 1 aromatic rings. The second-order valence-corrected chi connectivity index (χ2v) is 5.69. The fraction of sp³-hybridized carbons (Fsp3) is 0.600. The van der Waals surface area contributed by atoms with Gasteiger partial charge >= 0.3 is 5.97 Å². The van der Waals surface area contributed by atoms with Gasteiger partial charge in [-0.1, -0.05) is 6.92 Å². The van der Waals surface area contributed by atoms with Crippen molar-refractivity contribution in [2.75, 3.05) is 26.2 Å². The Bertz CT molecular complexity index is 551. The standard InChI is InChI=1S/C15H23N3O3/c1-4-18-6-5-11(8-18)7-16-14(19)12-9(2)13(15(20)21)17-10(12)3/h11,17H,4-8H2,1-3H3,(H,16,19)(H,20,21). The van der Waals surface area contributed by atoms with E-state index in [0.717, 1.165) is 26.1 Å². The van der Waals surface area contributed by atoms with Crippen molar-refractivity contribution in [3.63, 3.8) is 0 Å². The van der Waals surface area contributed by atoms with Crippen molar-refractivity contribution in [3.05, 3.63) is 22.5 Å². The van der Waals surface area contributed by atoms with Crippen molar-refractivity contribution in [1.29, 1.82) is 0 Å². The zero-order valence-corrected chi connectivity index (χ0v) is 12.8. The molecule has 1 aliphatic heterocycles. The van der Waals surface area contributed by atoms with Crippen LogP contribution in [-0.2, 0) is 0 Å². The Morgan fingerprint density at radius 1 is 1.43 bits per heavy atom. The van der Waals surface area contributed by atoms with E-state index in [1.807, 2.05) is 0 Å². The highest BCUT2D eigenvalue weighted by Crippen LogP contribution is 2.19. The number of hydrogen-bond acceptors (Lipinski definition) is 3. The van der Waals surface area contributed by atoms with Crippen LogP contribution >= 0.6 is 0 Å². The molecule has 1 amide bonds. The zero-order valence-electron chi connectivity index (χ0n) is 12.8. The maximum Gasteiger partial charge on any atom is 0.352 e. The van der Waals surface area contributed by atoms with Crippen LogP contribution in [0, 0.1) is 19.8 Å². The van der Waals surface area contributed by atoms with Crippen LogP contribution in [0.25, 0.3) is 0 Å². The average molecular weight is 293 g/mol. The molecule has 1 unspecified atom stereocenters. The highest BCUT2D eigenvalue weighted by atomic mass is 16.4. The third-order valence-electron chi connectivity index (χ3n) is 4.25. The number of nitrogens with one attached hydrogen (secondary N) is 2. The summed E-state index contributed by atoms with van der Waals surface area (Å²) in [6, 6.07) is 0. The maximum atomic E-state index is 12.3. The molecular formula is C15H23N3O3. The molecule has 1 aliphatic rings. The van der Waals surface area contributed by atoms with Crippen LogP contribution < -0.4 is 5.32 Å². The van der Waals surface area contributed by atoms with Gasteiger partial charge in [0.25, 0.3) is 5.91 Å². The molecule has 1 atom stereocenters. The summed E-state index contributed by atoms with van der Waals surface area (Å²) in [5, 5.41) is 12.0. The number of carbonyl (C=O) groups is 2. The number of amides is 1. The van der Waals surface area contributed by atoms with E-state index in [0.29, 0.717) is 29.3 Å². The summed E-state index contributed by atoms with van der Waals surface area (Å²) in [6.45, 7) is 9.31. The summed E-state index contributed by atoms with van der Waals surface area (Å²) in [5.41, 5.74) is 1.65. The van der Waals surface area contributed by atoms with E-state index in [4.69, 9.17) is 5.11 Å². The number of carbonyl (C=O) groups excluding carboxylic acids is 1. The summed E-state index contributed by atoms with van der Waals surface area (Å²) in [4.78, 5) is 28.5. The third kappa shape index (κ3) is 3.26. The van der Waals surface area contributed by atoms with E-state index < -0.39 is 5.97 Å². The smallest absolute Gasteiger partial charge is 0.352 e. The molecule has 116 valence electrons. The highest BCUT2D eigenvalue weighted by molar-refractivity contribution is 6.00. The van der Waals surface area contributed by atoms with Crippen LogP contribution in [-0.4, -0.2) is 53.0 Å². The lowest BCUT2D eigenvalue weighted by Gasteiger charge is -2.14. The van der Waals surface area contributed by atoms with Gasteiger partial charge in [0.15, 0.2) is 0 Å². The molecule has 0 radical (unpaired) electrons. The van der Waals surface area contributed by atoms with Crippen molar-refractivity contribution >= 4 is 11.9 Å². The number of aromatic nitrogens is 1. The summed E-state index contributed by atoms with van der Waals surface area (Å²) in [7, 11) is 0. The first-order chi connectivity index (χ1) is 9.93. The Labute approximate surface area is 124 Å². The van der Waals surface area contributed by atoms with Gasteiger partial charge < -0.3 is 20.3 Å². The molecule has 6 heteroatoms. The molecule has 0 saturated carbocycles. The van der Waals surface area contributed by atoms with Crippen LogP contribution in [0.2, 0.25) is 0 Å². The summed E-state index contributed by atoms with van der Waals surface area (Å²) in [6.07, 6.45) is 1.10. The fourth-order valence-electron chi connectivity index (χ4n) is 3.00. The minimum Gasteiger partial charge on any atom is -0.477 e. The number of aromatic amines is 1. The number of H-pyrrole nitrogens is 1. The lowest BCUT2D eigenvalue weighted by Crippen LogP contribution is -2.31. The molecular weight excluding hydrogens is 270 g/mol. The van der Waals surface area contributed by atoms with Gasteiger partial charge in [-0.2, -0.15) is 0 Å². The maximum absolute atomic E-state index is 12.3. The SMILES string of the molecule is CCN1CCC(CNC(=O)c2c(C)[nH]c(C(=O)O)c2C)C1. The molecule has 2 rings (SSSR count). The topological polar surface area (TPSA) is 85.4 Å². The summed E-state index contributed by atoms with van der Waals surface area (Å²) < 4.78 is 0. The van der Waals surface area contributed by atoms with Gasteiger partial charge in [-0.15, -0.1) is 0 Å². The van der Waals surface area contributed by atoms with Crippen molar-refractivity contribution in [2.24, 2.45) is 5.92 Å². The summed E-state index contributed by atoms with van der Waals surface area (Å²) in [5.74, 6) is -0.750. The number of likely N-dealkylation sites (tertiary alicyclic amines) is 1. The van der Waals surface area contributed by atoms with E-state index in [9.17, 15) is 9.59 Å². The molecule has 1 aromatic heterocycles. The van der Waals surface area contributed by atoms with Crippen LogP contribution in [0.5, 0.6) is 0 Å². The molecule has 1 saturated heterocycles. The van der Waals surface area contributed by atoms with Gasteiger partial charge in [0, 0.05) is 18.8 Å². The van der Waals surface area contributed by atoms with Gasteiger partial charge in [-0.05, 0) is 44.8 Å². The molecule has 2 heterocycles. The van der Waals surface area contributed by atoms with E-state index in [1.54, 1.807) is 13.8 Å². The molecule has 0 spiro atoms. The zero-order chi connectivity index (χ0) is 15.6.